The Kier molecular flexibility index (Phi) is 17.2. The summed E-state index contributed by atoms with van der Waals surface area (Å²) in [5.41, 5.74) is 21.1. The monoisotopic (exact) mass is 1970 g/mol. The maximum Gasteiger partial charge on any atom is 0.0972 e. The molecule has 148 heavy (non-hydrogen) atoms. The largest absolute Gasteiger partial charge is 0.254 e. The van der Waals surface area contributed by atoms with E-state index in [0.717, 1.165) is 192 Å². The molecule has 0 aliphatic rings. The third-order valence-electron chi connectivity index (χ3n) is 28.1. The molecule has 0 aliphatic carbocycles. The van der Waals surface area contributed by atoms with E-state index in [2.05, 4.69) is 202 Å². The third-order valence-corrected chi connectivity index (χ3v) is 32.6. The lowest BCUT2D eigenvalue weighted by Crippen LogP contribution is -1.91. The lowest BCUT2D eigenvalue weighted by Gasteiger charge is -2.13. The highest BCUT2D eigenvalue weighted by atomic mass is 32.1. The van der Waals surface area contributed by atoms with Crippen LogP contribution in [-0.2, 0) is 0 Å². The minimum absolute atomic E-state index is 0.0310. The zero-order valence-electron chi connectivity index (χ0n) is 94.2. The highest BCUT2D eigenvalue weighted by Crippen LogP contribution is 2.50. The second-order valence-corrected chi connectivity index (χ2v) is 40.6. The van der Waals surface area contributed by atoms with Gasteiger partial charge in [0.05, 0.1) is 88.8 Å². The van der Waals surface area contributed by atoms with Gasteiger partial charge < -0.3 is 0 Å². The van der Waals surface area contributed by atoms with Gasteiger partial charge >= 0.3 is 0 Å². The molecule has 0 aliphatic heterocycles. The molecule has 20 aromatic carbocycles. The van der Waals surface area contributed by atoms with Crippen molar-refractivity contribution in [2.24, 2.45) is 0 Å². The fourth-order valence-electron chi connectivity index (χ4n) is 21.2. The minimum atomic E-state index is -0.384. The van der Waals surface area contributed by atoms with Crippen LogP contribution in [0.2, 0.25) is 0 Å². The van der Waals surface area contributed by atoms with Gasteiger partial charge in [-0.25, -0.2) is 19.9 Å². The van der Waals surface area contributed by atoms with E-state index in [9.17, 15) is 1.37 Å². The number of benzene rings is 20. The van der Waals surface area contributed by atoms with Gasteiger partial charge in [-0.05, 0) is 173 Å². The Labute approximate surface area is 887 Å². The summed E-state index contributed by atoms with van der Waals surface area (Å²) in [5.74, 6) is 0. The zero-order chi connectivity index (χ0) is 111. The molecular formula is C136H80N8S4. The molecule has 0 fully saturated rings. The number of hydrogen-bond donors (Lipinski definition) is 0. The second kappa shape index (κ2) is 35.9. The molecule has 12 aromatic heterocycles. The molecule has 0 bridgehead atoms. The Hall–Kier alpha value is -18.4. The summed E-state index contributed by atoms with van der Waals surface area (Å²) in [7, 11) is 0. The Morgan fingerprint density at radius 3 is 1.01 bits per heavy atom. The Bertz CT molecular complexity index is 12200. The lowest BCUT2D eigenvalue weighted by atomic mass is 9.93. The number of nitrogens with zero attached hydrogens (tertiary/aromatic N) is 8. The maximum atomic E-state index is 9.30. The molecular weight excluding hydrogens is 1870 g/mol. The summed E-state index contributed by atoms with van der Waals surface area (Å²) in [6.07, 6.45) is 7.19. The summed E-state index contributed by atoms with van der Waals surface area (Å²) in [4.78, 5) is 38.8. The van der Waals surface area contributed by atoms with Crippen molar-refractivity contribution >= 4 is 256 Å². The van der Waals surface area contributed by atoms with Crippen LogP contribution in [0.4, 0.5) is 0 Å². The van der Waals surface area contributed by atoms with E-state index < -0.39 is 0 Å². The first-order valence-electron chi connectivity index (χ1n) is 56.4. The molecule has 12 heteroatoms. The van der Waals surface area contributed by atoms with E-state index in [-0.39, 0.29) is 116 Å². The quantitative estimate of drug-likeness (QED) is 0.139. The smallest absolute Gasteiger partial charge is 0.0972 e. The number of fused-ring (bicyclic) bond motifs is 28. The Morgan fingerprint density at radius 1 is 0.162 bits per heavy atom. The van der Waals surface area contributed by atoms with Crippen molar-refractivity contribution in [2.45, 2.75) is 0 Å². The van der Waals surface area contributed by atoms with Crippen LogP contribution in [0.25, 0.3) is 301 Å². The van der Waals surface area contributed by atoms with Gasteiger partial charge in [0.25, 0.3) is 0 Å². The van der Waals surface area contributed by atoms with Crippen LogP contribution in [0, 0.1) is 0 Å². The fourth-order valence-corrected chi connectivity index (χ4v) is 25.4. The van der Waals surface area contributed by atoms with Crippen molar-refractivity contribution < 1.29 is 21.9 Å². The number of aromatic nitrogens is 8. The molecule has 0 amide bonds. The van der Waals surface area contributed by atoms with Crippen LogP contribution in [0.3, 0.4) is 0 Å². The number of pyridine rings is 8. The van der Waals surface area contributed by atoms with Crippen molar-refractivity contribution in [3.05, 3.63) is 485 Å². The standard InChI is InChI=1S/4C34H20N2S/c2*1-2-9-24-23(8-1)25(28-11-5-12-29-27-10-3-4-13-31(27)37-34(28)29)17-18-26(24)30-19-16-22-15-14-21-7-6-20-35-32(21)33(22)36-30;2*1-2-8-26-25(7-1)24(23-14-18-32-29(20-23)28-9-3-4-10-31(28)37-32)15-16-27(26)30-17-13-22-12-11-21-6-5-19-35-33(21)34(22)36-30/h4*1-20H/i3D,4D,5D,10D,11D,12D,13D;13D;3D,4D,9D,10D,14D,18D,20D;3D. The minimum Gasteiger partial charge on any atom is -0.254 e. The lowest BCUT2D eigenvalue weighted by molar-refractivity contribution is 1.37. The normalized spacial score (nSPS) is 13.3. The first-order valence-corrected chi connectivity index (χ1v) is 51.6. The molecule has 8 nitrogen and oxygen atoms in total. The predicted octanol–water partition coefficient (Wildman–Crippen LogP) is 38.6. The van der Waals surface area contributed by atoms with Gasteiger partial charge in [0.1, 0.15) is 0 Å². The number of rotatable bonds is 8. The molecule has 32 aromatic rings. The molecule has 688 valence electrons. The van der Waals surface area contributed by atoms with Crippen LogP contribution in [0.1, 0.15) is 21.9 Å². The van der Waals surface area contributed by atoms with Gasteiger partial charge in [-0.1, -0.05) is 364 Å². The van der Waals surface area contributed by atoms with Crippen LogP contribution < -0.4 is 0 Å². The molecule has 0 unspecified atom stereocenters. The summed E-state index contributed by atoms with van der Waals surface area (Å²) >= 11 is 5.68. The molecule has 0 atom stereocenters. The van der Waals surface area contributed by atoms with E-state index in [1.165, 1.54) is 68.7 Å². The summed E-state index contributed by atoms with van der Waals surface area (Å²) in [5, 5.41) is 22.2. The van der Waals surface area contributed by atoms with Crippen LogP contribution >= 0.6 is 45.3 Å². The second-order valence-electron chi connectivity index (χ2n) is 36.4. The van der Waals surface area contributed by atoms with E-state index in [1.54, 1.807) is 35.1 Å². The van der Waals surface area contributed by atoms with Crippen molar-refractivity contribution in [1.82, 2.24) is 39.9 Å². The fraction of sp³-hybridized carbons (Fsp3) is 0. The van der Waals surface area contributed by atoms with Crippen molar-refractivity contribution in [3.63, 3.8) is 0 Å². The summed E-state index contributed by atoms with van der Waals surface area (Å²) < 4.78 is 143. The van der Waals surface area contributed by atoms with Gasteiger partial charge in [0, 0.05) is 182 Å². The first kappa shape index (κ1) is 71.1. The molecule has 0 spiro atoms. The van der Waals surface area contributed by atoms with Gasteiger partial charge in [0.2, 0.25) is 0 Å². The Balaban J connectivity index is 0.000000100. The molecule has 12 heterocycles. The molecule has 0 radical (unpaired) electrons. The van der Waals surface area contributed by atoms with E-state index in [4.69, 9.17) is 40.5 Å². The van der Waals surface area contributed by atoms with Crippen LogP contribution in [0.15, 0.2) is 485 Å². The van der Waals surface area contributed by atoms with Crippen LogP contribution in [0.5, 0.6) is 0 Å². The van der Waals surface area contributed by atoms with E-state index >= 15 is 0 Å². The van der Waals surface area contributed by atoms with E-state index in [0.29, 0.717) is 42.9 Å². The number of thiophene rings is 4. The first-order chi connectivity index (χ1) is 80.0. The average Bonchev–Trinajstić information content (AvgIpc) is 1.56. The van der Waals surface area contributed by atoms with Crippen molar-refractivity contribution in [2.75, 3.05) is 0 Å². The van der Waals surface area contributed by atoms with Gasteiger partial charge in [-0.3, -0.25) is 19.9 Å². The van der Waals surface area contributed by atoms with Gasteiger partial charge in [0.15, 0.2) is 0 Å². The van der Waals surface area contributed by atoms with Gasteiger partial charge in [-0.2, -0.15) is 0 Å². The molecule has 0 saturated carbocycles. The average molecular weight is 1970 g/mol. The van der Waals surface area contributed by atoms with E-state index in [1.807, 2.05) is 194 Å². The maximum absolute atomic E-state index is 9.30. The highest BCUT2D eigenvalue weighted by Gasteiger charge is 2.23. The summed E-state index contributed by atoms with van der Waals surface area (Å²) in [6.45, 7) is 0. The van der Waals surface area contributed by atoms with Gasteiger partial charge in [-0.15, -0.1) is 45.3 Å². The van der Waals surface area contributed by atoms with Crippen molar-refractivity contribution in [1.29, 1.82) is 0 Å². The summed E-state index contributed by atoms with van der Waals surface area (Å²) in [6, 6.07) is 121. The molecule has 0 saturated heterocycles. The van der Waals surface area contributed by atoms with Crippen LogP contribution in [-0.4, -0.2) is 39.9 Å². The highest BCUT2D eigenvalue weighted by molar-refractivity contribution is 7.27. The molecule has 32 rings (SSSR count). The zero-order valence-corrected chi connectivity index (χ0v) is 81.4. The number of hydrogen-bond acceptors (Lipinski definition) is 12. The predicted molar refractivity (Wildman–Crippen MR) is 633 cm³/mol. The molecule has 0 N–H and O–H groups in total. The topological polar surface area (TPSA) is 103 Å². The SMILES string of the molecule is [2H]c1c([2H])c([2H])c2c(sc3c(-c4ccc(-c5ccc6ccc7cccnc7c6n5)c5ccccc45)c([2H])c([2H])c([2H])c32)c1[2H].[2H]c1c([2H])c([2H])c2c(sc3c([2H])c([2H])c(-c4ccc(-c5ccc6ccc7cccnc7c6n5)c5ccccc45)c([2H])c32)c1[2H].[2H]c1ccc2sc3ccc(-c4ccc(-c5ccc6ccc7cccnc7c6n5)c5ccccc45)cc3c2c1.[2H]c1cccc2c1sc1c(-c3ccc(-c4ccc5ccc6cccnc6c5n4)c4ccccc34)cccc12. The Morgan fingerprint density at radius 2 is 0.514 bits per heavy atom. The van der Waals surface area contributed by atoms with Crippen molar-refractivity contribution in [3.8, 4) is 89.5 Å². The third kappa shape index (κ3) is 14.8.